The van der Waals surface area contributed by atoms with Crippen LogP contribution in [0.1, 0.15) is 74.0 Å². The second-order valence-electron chi connectivity index (χ2n) is 12.2. The van der Waals surface area contributed by atoms with Crippen LogP contribution in [0.4, 0.5) is 17.6 Å². The number of piperidine rings is 1. The first-order valence-electron chi connectivity index (χ1n) is 15.4. The second-order valence-corrected chi connectivity index (χ2v) is 12.6. The van der Waals surface area contributed by atoms with Gasteiger partial charge in [0.15, 0.2) is 17.3 Å². The van der Waals surface area contributed by atoms with E-state index in [0.717, 1.165) is 62.9 Å². The first-order chi connectivity index (χ1) is 22.1. The van der Waals surface area contributed by atoms with E-state index in [2.05, 4.69) is 20.0 Å². The van der Waals surface area contributed by atoms with Crippen molar-refractivity contribution in [1.29, 1.82) is 0 Å². The minimum absolute atomic E-state index is 0.0360. The maximum atomic E-state index is 14.8. The van der Waals surface area contributed by atoms with E-state index in [1.165, 1.54) is 12.3 Å². The third-order valence-electron chi connectivity index (χ3n) is 8.97. The zero-order chi connectivity index (χ0) is 32.1. The van der Waals surface area contributed by atoms with Gasteiger partial charge in [-0.2, -0.15) is 18.3 Å². The fourth-order valence-corrected chi connectivity index (χ4v) is 6.73. The maximum absolute atomic E-state index is 14.8. The molecule has 0 amide bonds. The molecule has 0 spiro atoms. The molecular weight excluding hydrogens is 626 g/mol. The first kappa shape index (κ1) is 30.7. The Morgan fingerprint density at radius 2 is 1.85 bits per heavy atom. The normalized spacial score (nSPS) is 20.8. The van der Waals surface area contributed by atoms with Gasteiger partial charge in [0.25, 0.3) is 5.79 Å². The molecule has 13 heteroatoms. The van der Waals surface area contributed by atoms with Crippen molar-refractivity contribution in [2.24, 2.45) is 0 Å². The van der Waals surface area contributed by atoms with E-state index >= 15 is 0 Å². The highest BCUT2D eigenvalue weighted by molar-refractivity contribution is 6.30. The number of hydrogen-bond acceptors (Lipinski definition) is 7. The van der Waals surface area contributed by atoms with Crippen LogP contribution < -0.4 is 14.2 Å². The van der Waals surface area contributed by atoms with Crippen LogP contribution in [0, 0.1) is 5.82 Å². The standard InChI is InChI=1S/C33H32ClF4N5O3/c1-32(24-10-9-21(34)16-25(24)35)45-27-8-4-7-23(29(27)46-32)19-11-13-43(14-12-19)18-26-28(44-22-5-2-3-6-22)15-20(17-39-26)30-40-31(42-41-30)33(36,37)38/h4,7-10,15-17,19,22H,2-3,5-6,11-14,18H2,1H3,(H,40,41,42)/t32-/m1/s1. The lowest BCUT2D eigenvalue weighted by Gasteiger charge is -2.33. The van der Waals surface area contributed by atoms with Gasteiger partial charge in [-0.1, -0.05) is 23.7 Å². The molecule has 1 N–H and O–H groups in total. The molecule has 2 fully saturated rings. The largest absolute Gasteiger partial charge is 0.488 e. The van der Waals surface area contributed by atoms with E-state index in [1.807, 2.05) is 23.3 Å². The Hall–Kier alpha value is -3.90. The van der Waals surface area contributed by atoms with Crippen molar-refractivity contribution >= 4 is 11.6 Å². The van der Waals surface area contributed by atoms with Crippen molar-refractivity contribution in [3.05, 3.63) is 82.1 Å². The molecule has 0 radical (unpaired) electrons. The Kier molecular flexibility index (Phi) is 8.04. The number of H-pyrrole nitrogens is 1. The molecule has 4 aromatic rings. The van der Waals surface area contributed by atoms with Crippen LogP contribution in [0.25, 0.3) is 11.4 Å². The molecular formula is C33H32ClF4N5O3. The molecule has 46 heavy (non-hydrogen) atoms. The van der Waals surface area contributed by atoms with E-state index < -0.39 is 23.6 Å². The van der Waals surface area contributed by atoms with Gasteiger partial charge >= 0.3 is 6.18 Å². The number of nitrogens with zero attached hydrogens (tertiary/aromatic N) is 4. The van der Waals surface area contributed by atoms with Gasteiger partial charge in [-0.3, -0.25) is 15.0 Å². The van der Waals surface area contributed by atoms with E-state index in [4.69, 9.17) is 25.8 Å². The molecule has 4 heterocycles. The average Bonchev–Trinajstić information content (AvgIpc) is 3.78. The Balaban J connectivity index is 1.06. The number of hydrogen-bond donors (Lipinski definition) is 1. The number of para-hydroxylation sites is 1. The third-order valence-corrected chi connectivity index (χ3v) is 9.21. The highest BCUT2D eigenvalue weighted by Crippen LogP contribution is 2.50. The summed E-state index contributed by atoms with van der Waals surface area (Å²) < 4.78 is 73.0. The first-order valence-corrected chi connectivity index (χ1v) is 15.8. The Morgan fingerprint density at radius 3 is 2.57 bits per heavy atom. The predicted octanol–water partition coefficient (Wildman–Crippen LogP) is 8.02. The number of aromatic nitrogens is 4. The van der Waals surface area contributed by atoms with Crippen LogP contribution in [0.15, 0.2) is 48.7 Å². The van der Waals surface area contributed by atoms with Crippen LogP contribution in [0.5, 0.6) is 17.2 Å². The van der Waals surface area contributed by atoms with Gasteiger partial charge in [-0.15, -0.1) is 0 Å². The number of likely N-dealkylation sites (tertiary alicyclic amines) is 1. The number of aromatic amines is 1. The van der Waals surface area contributed by atoms with E-state index in [-0.39, 0.29) is 23.4 Å². The summed E-state index contributed by atoms with van der Waals surface area (Å²) in [6.45, 7) is 3.78. The molecule has 1 atom stereocenters. The molecule has 2 aromatic heterocycles. The Bertz CT molecular complexity index is 1740. The van der Waals surface area contributed by atoms with Gasteiger partial charge in [0.05, 0.1) is 17.4 Å². The van der Waals surface area contributed by atoms with Crippen molar-refractivity contribution in [2.75, 3.05) is 13.1 Å². The van der Waals surface area contributed by atoms with Gasteiger partial charge in [-0.25, -0.2) is 9.37 Å². The van der Waals surface area contributed by atoms with Crippen LogP contribution in [0.3, 0.4) is 0 Å². The summed E-state index contributed by atoms with van der Waals surface area (Å²) in [5, 5.41) is 6.02. The molecule has 8 nitrogen and oxygen atoms in total. The highest BCUT2D eigenvalue weighted by atomic mass is 35.5. The molecule has 1 saturated carbocycles. The van der Waals surface area contributed by atoms with Gasteiger partial charge in [0, 0.05) is 35.8 Å². The van der Waals surface area contributed by atoms with Crippen LogP contribution in [-0.2, 0) is 18.5 Å². The summed E-state index contributed by atoms with van der Waals surface area (Å²) in [5.41, 5.74) is 2.37. The van der Waals surface area contributed by atoms with Gasteiger partial charge < -0.3 is 14.2 Å². The lowest BCUT2D eigenvalue weighted by molar-refractivity contribution is -0.144. The molecule has 0 bridgehead atoms. The van der Waals surface area contributed by atoms with Crippen molar-refractivity contribution < 1.29 is 31.8 Å². The molecule has 7 rings (SSSR count). The monoisotopic (exact) mass is 657 g/mol. The van der Waals surface area contributed by atoms with Crippen molar-refractivity contribution in [3.8, 4) is 28.6 Å². The lowest BCUT2D eigenvalue weighted by Crippen LogP contribution is -2.34. The minimum atomic E-state index is -4.62. The predicted molar refractivity (Wildman–Crippen MR) is 161 cm³/mol. The SMILES string of the molecule is C[C@@]1(c2ccc(Cl)cc2F)Oc2cccc(C3CCN(Cc4ncc(-c5n[nH]c(C(F)(F)F)n5)cc4OC4CCCC4)CC3)c2O1. The summed E-state index contributed by atoms with van der Waals surface area (Å²) in [4.78, 5) is 10.5. The van der Waals surface area contributed by atoms with Crippen LogP contribution >= 0.6 is 11.6 Å². The van der Waals surface area contributed by atoms with Crippen molar-refractivity contribution in [1.82, 2.24) is 25.1 Å². The summed E-state index contributed by atoms with van der Waals surface area (Å²) in [6, 6.07) is 11.9. The number of pyridine rings is 1. The maximum Gasteiger partial charge on any atom is 0.451 e. The van der Waals surface area contributed by atoms with E-state index in [1.54, 1.807) is 25.1 Å². The Labute approximate surface area is 268 Å². The number of nitrogens with one attached hydrogen (secondary N) is 1. The Morgan fingerprint density at radius 1 is 1.07 bits per heavy atom. The fraction of sp³-hybridized carbons (Fsp3) is 0.424. The number of alkyl halides is 3. The topological polar surface area (TPSA) is 85.4 Å². The highest BCUT2D eigenvalue weighted by Gasteiger charge is 2.43. The van der Waals surface area contributed by atoms with Crippen molar-refractivity contribution in [3.63, 3.8) is 0 Å². The number of benzene rings is 2. The molecule has 3 aliphatic rings. The van der Waals surface area contributed by atoms with Crippen molar-refractivity contribution in [2.45, 2.75) is 76.0 Å². The zero-order valence-electron chi connectivity index (χ0n) is 25.0. The third kappa shape index (κ3) is 6.12. The average molecular weight is 658 g/mol. The summed E-state index contributed by atoms with van der Waals surface area (Å²) in [6.07, 6.45) is 2.59. The van der Waals surface area contributed by atoms with Gasteiger partial charge in [-0.05, 0) is 87.9 Å². The van der Waals surface area contributed by atoms with Crippen LogP contribution in [0.2, 0.25) is 5.02 Å². The number of fused-ring (bicyclic) bond motifs is 1. The fourth-order valence-electron chi connectivity index (χ4n) is 6.57. The van der Waals surface area contributed by atoms with E-state index in [9.17, 15) is 17.6 Å². The number of rotatable bonds is 7. The molecule has 1 saturated heterocycles. The zero-order valence-corrected chi connectivity index (χ0v) is 25.8. The van der Waals surface area contributed by atoms with Gasteiger partial charge in [0.1, 0.15) is 11.6 Å². The summed E-state index contributed by atoms with van der Waals surface area (Å²) in [7, 11) is 0. The number of ether oxygens (including phenoxy) is 3. The van der Waals surface area contributed by atoms with Crippen LogP contribution in [-0.4, -0.2) is 44.3 Å². The molecule has 2 aromatic carbocycles. The van der Waals surface area contributed by atoms with Gasteiger partial charge in [0.2, 0.25) is 5.82 Å². The molecule has 1 aliphatic carbocycles. The summed E-state index contributed by atoms with van der Waals surface area (Å²) >= 11 is 5.96. The lowest BCUT2D eigenvalue weighted by atomic mass is 9.88. The second kappa shape index (κ2) is 12.0. The molecule has 242 valence electrons. The summed E-state index contributed by atoms with van der Waals surface area (Å²) in [5.74, 6) is -1.11. The number of halogens is 5. The molecule has 0 unspecified atom stereocenters. The quantitative estimate of drug-likeness (QED) is 0.202. The van der Waals surface area contributed by atoms with E-state index in [0.29, 0.717) is 34.4 Å². The smallest absolute Gasteiger partial charge is 0.451 e. The minimum Gasteiger partial charge on any atom is -0.488 e. The molecule has 2 aliphatic heterocycles.